The molecule has 2 N–H and O–H groups in total. The smallest absolute Gasteiger partial charge is 0.332 e. The number of halogens is 1. The van der Waals surface area contributed by atoms with Crippen LogP contribution in [0.25, 0.3) is 0 Å². The van der Waals surface area contributed by atoms with Crippen LogP contribution in [0.3, 0.4) is 0 Å². The molecule has 0 aliphatic rings. The van der Waals surface area contributed by atoms with Crippen LogP contribution in [0.4, 0.5) is 5.82 Å². The number of rotatable bonds is 7. The monoisotopic (exact) mass is 432 g/mol. The molecule has 0 saturated heterocycles. The Balaban J connectivity index is 1.90. The van der Waals surface area contributed by atoms with E-state index in [0.29, 0.717) is 10.9 Å². The zero-order valence-electron chi connectivity index (χ0n) is 16.1. The standard InChI is InChI=1S/C20H21ClN4O3S/c1-23(11-14-8-9-16(21)29-14)12-15(26)17-18(22)25(20(28)24(2)19(17)27)10-13-6-4-3-5-7-13/h3-9H,10-12,22H2,1-2H3. The number of nitrogens with two attached hydrogens (primary N) is 1. The average Bonchev–Trinajstić information content (AvgIpc) is 3.09. The van der Waals surface area contributed by atoms with Crippen molar-refractivity contribution in [2.24, 2.45) is 7.05 Å². The predicted molar refractivity (Wildman–Crippen MR) is 116 cm³/mol. The molecule has 152 valence electrons. The fraction of sp³-hybridized carbons (Fsp3) is 0.250. The van der Waals surface area contributed by atoms with Gasteiger partial charge in [-0.05, 0) is 24.7 Å². The molecule has 2 aromatic heterocycles. The maximum Gasteiger partial charge on any atom is 0.332 e. The summed E-state index contributed by atoms with van der Waals surface area (Å²) in [5.41, 5.74) is 5.55. The number of nitrogens with zero attached hydrogens (tertiary/aromatic N) is 3. The highest BCUT2D eigenvalue weighted by molar-refractivity contribution is 7.16. The van der Waals surface area contributed by atoms with E-state index in [2.05, 4.69) is 0 Å². The number of Topliss-reactive ketones (excluding diaryl/α,β-unsaturated/α-hetero) is 1. The van der Waals surface area contributed by atoms with Crippen molar-refractivity contribution in [3.05, 3.63) is 83.6 Å². The molecule has 29 heavy (non-hydrogen) atoms. The summed E-state index contributed by atoms with van der Waals surface area (Å²) in [7, 11) is 3.12. The van der Waals surface area contributed by atoms with Crippen molar-refractivity contribution in [3.63, 3.8) is 0 Å². The Morgan fingerprint density at radius 2 is 1.86 bits per heavy atom. The number of hydrogen-bond acceptors (Lipinski definition) is 6. The van der Waals surface area contributed by atoms with Gasteiger partial charge >= 0.3 is 5.69 Å². The molecule has 0 amide bonds. The van der Waals surface area contributed by atoms with Gasteiger partial charge < -0.3 is 5.73 Å². The molecule has 3 aromatic rings. The fourth-order valence-corrected chi connectivity index (χ4v) is 4.21. The van der Waals surface area contributed by atoms with Gasteiger partial charge in [-0.25, -0.2) is 4.79 Å². The van der Waals surface area contributed by atoms with E-state index in [9.17, 15) is 14.4 Å². The summed E-state index contributed by atoms with van der Waals surface area (Å²) in [4.78, 5) is 40.8. The van der Waals surface area contributed by atoms with Crippen LogP contribution in [0.5, 0.6) is 0 Å². The normalized spacial score (nSPS) is 11.2. The summed E-state index contributed by atoms with van der Waals surface area (Å²) >= 11 is 7.37. The van der Waals surface area contributed by atoms with Gasteiger partial charge in [0.15, 0.2) is 5.78 Å². The van der Waals surface area contributed by atoms with E-state index in [1.54, 1.807) is 18.0 Å². The molecule has 0 saturated carbocycles. The van der Waals surface area contributed by atoms with Crippen molar-refractivity contribution in [2.75, 3.05) is 19.3 Å². The molecule has 0 unspecified atom stereocenters. The van der Waals surface area contributed by atoms with E-state index in [1.807, 2.05) is 36.4 Å². The van der Waals surface area contributed by atoms with Crippen LogP contribution in [-0.2, 0) is 20.1 Å². The summed E-state index contributed by atoms with van der Waals surface area (Å²) < 4.78 is 2.85. The molecular formula is C20H21ClN4O3S. The van der Waals surface area contributed by atoms with Crippen molar-refractivity contribution in [1.29, 1.82) is 0 Å². The van der Waals surface area contributed by atoms with Gasteiger partial charge in [-0.1, -0.05) is 41.9 Å². The van der Waals surface area contributed by atoms with Gasteiger partial charge in [0, 0.05) is 18.5 Å². The molecule has 1 aromatic carbocycles. The second kappa shape index (κ2) is 8.77. The summed E-state index contributed by atoms with van der Waals surface area (Å²) in [5.74, 6) is -0.547. The first kappa shape index (κ1) is 21.0. The molecule has 0 radical (unpaired) electrons. The van der Waals surface area contributed by atoms with Gasteiger partial charge in [0.05, 0.1) is 17.4 Å². The summed E-state index contributed by atoms with van der Waals surface area (Å²) in [6.07, 6.45) is 0. The van der Waals surface area contributed by atoms with Crippen LogP contribution < -0.4 is 17.0 Å². The van der Waals surface area contributed by atoms with Crippen LogP contribution in [0.2, 0.25) is 4.34 Å². The van der Waals surface area contributed by atoms with Gasteiger partial charge in [-0.3, -0.25) is 23.6 Å². The minimum atomic E-state index is -0.686. The van der Waals surface area contributed by atoms with E-state index < -0.39 is 17.0 Å². The van der Waals surface area contributed by atoms with Gasteiger partial charge in [0.2, 0.25) is 0 Å². The Kier molecular flexibility index (Phi) is 6.36. The topological polar surface area (TPSA) is 90.3 Å². The number of hydrogen-bond donors (Lipinski definition) is 1. The Hall–Kier alpha value is -2.68. The fourth-order valence-electron chi connectivity index (χ4n) is 3.05. The lowest BCUT2D eigenvalue weighted by Gasteiger charge is -2.17. The SMILES string of the molecule is CN(CC(=O)c1c(N)n(Cc2ccccc2)c(=O)n(C)c1=O)Cc1ccc(Cl)s1. The average molecular weight is 433 g/mol. The van der Waals surface area contributed by atoms with Crippen molar-refractivity contribution in [3.8, 4) is 0 Å². The lowest BCUT2D eigenvalue weighted by molar-refractivity contribution is 0.0941. The molecule has 0 atom stereocenters. The molecule has 7 nitrogen and oxygen atoms in total. The number of aromatic nitrogens is 2. The van der Waals surface area contributed by atoms with E-state index >= 15 is 0 Å². The molecule has 0 bridgehead atoms. The lowest BCUT2D eigenvalue weighted by atomic mass is 10.1. The number of likely N-dealkylation sites (N-methyl/N-ethyl adjacent to an activating group) is 1. The van der Waals surface area contributed by atoms with Crippen LogP contribution in [-0.4, -0.2) is 33.4 Å². The van der Waals surface area contributed by atoms with Crippen LogP contribution >= 0.6 is 22.9 Å². The highest BCUT2D eigenvalue weighted by atomic mass is 35.5. The number of carbonyl (C=O) groups is 1. The second-order valence-electron chi connectivity index (χ2n) is 6.78. The van der Waals surface area contributed by atoms with Gasteiger partial charge in [0.25, 0.3) is 5.56 Å². The number of ketones is 1. The van der Waals surface area contributed by atoms with E-state index in [0.717, 1.165) is 15.0 Å². The van der Waals surface area contributed by atoms with Crippen molar-refractivity contribution in [1.82, 2.24) is 14.0 Å². The number of carbonyl (C=O) groups excluding carboxylic acids is 1. The van der Waals surface area contributed by atoms with Crippen molar-refractivity contribution >= 4 is 34.5 Å². The molecular weight excluding hydrogens is 412 g/mol. The quantitative estimate of drug-likeness (QED) is 0.578. The Labute approximate surface area is 176 Å². The minimum Gasteiger partial charge on any atom is -0.384 e. The first-order valence-electron chi connectivity index (χ1n) is 8.87. The summed E-state index contributed by atoms with van der Waals surface area (Å²) in [6, 6.07) is 12.9. The molecule has 9 heteroatoms. The lowest BCUT2D eigenvalue weighted by Crippen LogP contribution is -2.44. The number of benzene rings is 1. The van der Waals surface area contributed by atoms with E-state index in [1.165, 1.54) is 23.0 Å². The zero-order chi connectivity index (χ0) is 21.1. The molecule has 0 spiro atoms. The maximum absolute atomic E-state index is 12.9. The zero-order valence-corrected chi connectivity index (χ0v) is 17.7. The van der Waals surface area contributed by atoms with Crippen LogP contribution in [0.1, 0.15) is 20.8 Å². The number of nitrogen functional groups attached to an aromatic ring is 1. The van der Waals surface area contributed by atoms with Crippen molar-refractivity contribution in [2.45, 2.75) is 13.1 Å². The molecule has 0 aliphatic carbocycles. The summed E-state index contributed by atoms with van der Waals surface area (Å²) in [5, 5.41) is 0. The third-order valence-corrected chi connectivity index (χ3v) is 5.73. The van der Waals surface area contributed by atoms with E-state index in [4.69, 9.17) is 17.3 Å². The van der Waals surface area contributed by atoms with Crippen LogP contribution in [0, 0.1) is 0 Å². The third-order valence-electron chi connectivity index (χ3n) is 4.51. The number of anilines is 1. The van der Waals surface area contributed by atoms with Crippen molar-refractivity contribution < 1.29 is 4.79 Å². The summed E-state index contributed by atoms with van der Waals surface area (Å²) in [6.45, 7) is 0.662. The van der Waals surface area contributed by atoms with Gasteiger partial charge in [-0.15, -0.1) is 11.3 Å². The third kappa shape index (κ3) is 4.67. The molecule has 0 aliphatic heterocycles. The second-order valence-corrected chi connectivity index (χ2v) is 8.58. The maximum atomic E-state index is 12.9. The number of thiophene rings is 1. The first-order chi connectivity index (χ1) is 13.8. The Bertz CT molecular complexity index is 1150. The van der Waals surface area contributed by atoms with Gasteiger partial charge in [0.1, 0.15) is 11.4 Å². The highest BCUT2D eigenvalue weighted by Crippen LogP contribution is 2.22. The molecule has 0 fully saturated rings. The van der Waals surface area contributed by atoms with Gasteiger partial charge in [-0.2, -0.15) is 0 Å². The first-order valence-corrected chi connectivity index (χ1v) is 10.1. The highest BCUT2D eigenvalue weighted by Gasteiger charge is 2.22. The largest absolute Gasteiger partial charge is 0.384 e. The molecule has 3 rings (SSSR count). The van der Waals surface area contributed by atoms with Crippen LogP contribution in [0.15, 0.2) is 52.1 Å². The minimum absolute atomic E-state index is 0.0154. The predicted octanol–water partition coefficient (Wildman–Crippen LogP) is 2.21. The Morgan fingerprint density at radius 3 is 2.48 bits per heavy atom. The van der Waals surface area contributed by atoms with E-state index in [-0.39, 0.29) is 24.5 Å². The molecule has 2 heterocycles. The Morgan fingerprint density at radius 1 is 1.17 bits per heavy atom.